The lowest BCUT2D eigenvalue weighted by Crippen LogP contribution is -1.95. The van der Waals surface area contributed by atoms with Crippen molar-refractivity contribution in [3.05, 3.63) is 65.2 Å². The summed E-state index contributed by atoms with van der Waals surface area (Å²) in [5.41, 5.74) is 7.07. The second-order valence-corrected chi connectivity index (χ2v) is 6.69. The summed E-state index contributed by atoms with van der Waals surface area (Å²) in [6.45, 7) is 6.76. The Labute approximate surface area is 134 Å². The van der Waals surface area contributed by atoms with Gasteiger partial charge in [-0.3, -0.25) is 0 Å². The summed E-state index contributed by atoms with van der Waals surface area (Å²) in [7, 11) is 0. The van der Waals surface area contributed by atoms with Gasteiger partial charge in [-0.15, -0.1) is 0 Å². The van der Waals surface area contributed by atoms with Crippen molar-refractivity contribution >= 4 is 6.08 Å². The molecule has 0 heterocycles. The minimum Gasteiger partial charge on any atom is -0.0764 e. The van der Waals surface area contributed by atoms with Gasteiger partial charge in [0.25, 0.3) is 0 Å². The first kappa shape index (κ1) is 15.1. The smallest absolute Gasteiger partial charge is 0.00274 e. The Morgan fingerprint density at radius 2 is 1.77 bits per heavy atom. The fourth-order valence-electron chi connectivity index (χ4n) is 3.38. The van der Waals surface area contributed by atoms with Gasteiger partial charge >= 0.3 is 0 Å². The van der Waals surface area contributed by atoms with Gasteiger partial charge in [0, 0.05) is 5.92 Å². The summed E-state index contributed by atoms with van der Waals surface area (Å²) in [5, 5.41) is 0. The van der Waals surface area contributed by atoms with Crippen molar-refractivity contribution in [1.82, 2.24) is 0 Å². The van der Waals surface area contributed by atoms with Crippen LogP contribution in [0.3, 0.4) is 0 Å². The minimum atomic E-state index is 0.592. The topological polar surface area (TPSA) is 0 Å². The Bertz CT molecular complexity index is 659. The molecular weight excluding hydrogens is 264 g/mol. The molecule has 0 saturated heterocycles. The van der Waals surface area contributed by atoms with Crippen LogP contribution in [0.15, 0.2) is 48.5 Å². The summed E-state index contributed by atoms with van der Waals surface area (Å²) in [6, 6.07) is 15.9. The van der Waals surface area contributed by atoms with E-state index in [9.17, 15) is 0 Å². The van der Waals surface area contributed by atoms with Gasteiger partial charge in [0.1, 0.15) is 0 Å². The molecule has 0 amide bonds. The molecule has 0 N–H and O–H groups in total. The number of unbranched alkanes of at least 4 members (excludes halogenated alkanes) is 1. The third-order valence-electron chi connectivity index (χ3n) is 4.79. The van der Waals surface area contributed by atoms with E-state index in [0.717, 1.165) is 0 Å². The largest absolute Gasteiger partial charge is 0.0764 e. The molecule has 1 atom stereocenters. The van der Waals surface area contributed by atoms with E-state index in [0.29, 0.717) is 11.8 Å². The molecule has 0 saturated carbocycles. The Morgan fingerprint density at radius 1 is 1.00 bits per heavy atom. The van der Waals surface area contributed by atoms with E-state index in [1.54, 1.807) is 0 Å². The van der Waals surface area contributed by atoms with Crippen LogP contribution < -0.4 is 0 Å². The number of hydrogen-bond acceptors (Lipinski definition) is 0. The molecule has 0 heteroatoms. The molecule has 2 aromatic rings. The van der Waals surface area contributed by atoms with E-state index in [4.69, 9.17) is 0 Å². The molecule has 1 unspecified atom stereocenters. The molecule has 0 bridgehead atoms. The van der Waals surface area contributed by atoms with Crippen LogP contribution in [0.5, 0.6) is 0 Å². The predicted octanol–water partition coefficient (Wildman–Crippen LogP) is 6.78. The zero-order valence-electron chi connectivity index (χ0n) is 14.0. The van der Waals surface area contributed by atoms with Gasteiger partial charge in [-0.05, 0) is 40.2 Å². The summed E-state index contributed by atoms with van der Waals surface area (Å²) in [4.78, 5) is 0. The standard InChI is InChI=1S/C22H26/c1-4-5-7-18-14-15-22-20(18)8-6-9-21(22)19-12-10-17(11-13-19)16(2)3/h6,8-16,18H,4-5,7H2,1-3H3. The monoisotopic (exact) mass is 290 g/mol. The maximum Gasteiger partial charge on any atom is 0.00274 e. The molecule has 1 aliphatic rings. The van der Waals surface area contributed by atoms with Crippen molar-refractivity contribution in [2.75, 3.05) is 0 Å². The number of hydrogen-bond donors (Lipinski definition) is 0. The predicted molar refractivity (Wildman–Crippen MR) is 97.3 cm³/mol. The van der Waals surface area contributed by atoms with E-state index in [2.05, 4.69) is 75.4 Å². The lowest BCUT2D eigenvalue weighted by Gasteiger charge is -2.14. The molecule has 0 fully saturated rings. The summed E-state index contributed by atoms with van der Waals surface area (Å²) in [5.74, 6) is 1.21. The first-order valence-electron chi connectivity index (χ1n) is 8.62. The second kappa shape index (κ2) is 6.52. The summed E-state index contributed by atoms with van der Waals surface area (Å²) >= 11 is 0. The van der Waals surface area contributed by atoms with Crippen LogP contribution in [-0.4, -0.2) is 0 Å². The first-order chi connectivity index (χ1) is 10.7. The number of allylic oxidation sites excluding steroid dienone is 1. The normalized spacial score (nSPS) is 16.3. The van der Waals surface area contributed by atoms with Crippen molar-refractivity contribution < 1.29 is 0 Å². The van der Waals surface area contributed by atoms with E-state index < -0.39 is 0 Å². The molecule has 0 radical (unpaired) electrons. The highest BCUT2D eigenvalue weighted by Gasteiger charge is 2.19. The van der Waals surface area contributed by atoms with Gasteiger partial charge in [-0.1, -0.05) is 88.2 Å². The van der Waals surface area contributed by atoms with Gasteiger partial charge < -0.3 is 0 Å². The lowest BCUT2D eigenvalue weighted by molar-refractivity contribution is 0.669. The fourth-order valence-corrected chi connectivity index (χ4v) is 3.38. The van der Waals surface area contributed by atoms with Crippen molar-refractivity contribution in [3.63, 3.8) is 0 Å². The van der Waals surface area contributed by atoms with Gasteiger partial charge in [-0.25, -0.2) is 0 Å². The second-order valence-electron chi connectivity index (χ2n) is 6.69. The molecule has 114 valence electrons. The van der Waals surface area contributed by atoms with Gasteiger partial charge in [0.05, 0.1) is 0 Å². The average molecular weight is 290 g/mol. The Balaban J connectivity index is 1.93. The minimum absolute atomic E-state index is 0.592. The number of rotatable bonds is 5. The van der Waals surface area contributed by atoms with Crippen molar-refractivity contribution in [2.24, 2.45) is 0 Å². The lowest BCUT2D eigenvalue weighted by atomic mass is 9.90. The average Bonchev–Trinajstić information content (AvgIpc) is 2.96. The molecule has 0 nitrogen and oxygen atoms in total. The Morgan fingerprint density at radius 3 is 2.45 bits per heavy atom. The highest BCUT2D eigenvalue weighted by molar-refractivity contribution is 5.80. The van der Waals surface area contributed by atoms with E-state index >= 15 is 0 Å². The van der Waals surface area contributed by atoms with Crippen molar-refractivity contribution in [1.29, 1.82) is 0 Å². The van der Waals surface area contributed by atoms with Gasteiger partial charge in [0.2, 0.25) is 0 Å². The van der Waals surface area contributed by atoms with Crippen LogP contribution in [0.2, 0.25) is 0 Å². The first-order valence-corrected chi connectivity index (χ1v) is 8.62. The molecule has 1 aliphatic carbocycles. The van der Waals surface area contributed by atoms with Gasteiger partial charge in [0.15, 0.2) is 0 Å². The maximum absolute atomic E-state index is 2.40. The molecule has 2 aromatic carbocycles. The zero-order valence-corrected chi connectivity index (χ0v) is 14.0. The Kier molecular flexibility index (Phi) is 4.47. The van der Waals surface area contributed by atoms with Crippen LogP contribution in [0.1, 0.15) is 68.6 Å². The van der Waals surface area contributed by atoms with Crippen LogP contribution in [-0.2, 0) is 0 Å². The van der Waals surface area contributed by atoms with E-state index in [1.165, 1.54) is 47.1 Å². The van der Waals surface area contributed by atoms with Crippen LogP contribution in [0, 0.1) is 0 Å². The van der Waals surface area contributed by atoms with Crippen molar-refractivity contribution in [2.45, 2.75) is 51.9 Å². The third-order valence-corrected chi connectivity index (χ3v) is 4.79. The Hall–Kier alpha value is -1.82. The SMILES string of the molecule is CCCCC1C=Cc2c(-c3ccc(C(C)C)cc3)cccc21. The molecular formula is C22H26. The van der Waals surface area contributed by atoms with Crippen LogP contribution >= 0.6 is 0 Å². The van der Waals surface area contributed by atoms with Crippen molar-refractivity contribution in [3.8, 4) is 11.1 Å². The number of benzene rings is 2. The molecule has 0 spiro atoms. The molecule has 0 aliphatic heterocycles. The molecule has 3 rings (SSSR count). The summed E-state index contributed by atoms with van der Waals surface area (Å²) in [6.07, 6.45) is 8.58. The zero-order chi connectivity index (χ0) is 15.5. The van der Waals surface area contributed by atoms with E-state index in [1.807, 2.05) is 0 Å². The van der Waals surface area contributed by atoms with Gasteiger partial charge in [-0.2, -0.15) is 0 Å². The van der Waals surface area contributed by atoms with Crippen LogP contribution in [0.25, 0.3) is 17.2 Å². The molecule has 22 heavy (non-hydrogen) atoms. The number of fused-ring (bicyclic) bond motifs is 1. The van der Waals surface area contributed by atoms with E-state index in [-0.39, 0.29) is 0 Å². The quantitative estimate of drug-likeness (QED) is 0.569. The molecule has 0 aromatic heterocycles. The van der Waals surface area contributed by atoms with Crippen LogP contribution in [0.4, 0.5) is 0 Å². The third kappa shape index (κ3) is 2.88. The fraction of sp³-hybridized carbons (Fsp3) is 0.364. The summed E-state index contributed by atoms with van der Waals surface area (Å²) < 4.78 is 0. The maximum atomic E-state index is 2.40. The highest BCUT2D eigenvalue weighted by atomic mass is 14.2. The highest BCUT2D eigenvalue weighted by Crippen LogP contribution is 2.39.